The second-order valence-corrected chi connectivity index (χ2v) is 12.1. The van der Waals surface area contributed by atoms with Crippen LogP contribution in [-0.2, 0) is 24.3 Å². The predicted molar refractivity (Wildman–Crippen MR) is 179 cm³/mol. The van der Waals surface area contributed by atoms with Gasteiger partial charge >= 0.3 is 11.9 Å². The van der Waals surface area contributed by atoms with Crippen molar-refractivity contribution in [1.29, 1.82) is 0 Å². The molecule has 0 aliphatic carbocycles. The molecule has 4 aromatic rings. The fourth-order valence-corrected chi connectivity index (χ4v) is 6.41. The lowest BCUT2D eigenvalue weighted by Crippen LogP contribution is -2.31. The Morgan fingerprint density at radius 2 is 1.74 bits per heavy atom. The fraction of sp³-hybridized carbons (Fsp3) is 0.147. The summed E-state index contributed by atoms with van der Waals surface area (Å²) in [6, 6.07) is 12.4. The van der Waals surface area contributed by atoms with E-state index in [1.165, 1.54) is 4.40 Å². The molecule has 0 radical (unpaired) electrons. The van der Waals surface area contributed by atoms with E-state index in [9.17, 15) is 19.8 Å². The Bertz CT molecular complexity index is 2030. The molecule has 0 bridgehead atoms. The first-order valence-corrected chi connectivity index (χ1v) is 15.5. The Morgan fingerprint density at radius 1 is 0.935 bits per heavy atom. The summed E-state index contributed by atoms with van der Waals surface area (Å²) >= 11 is 19.0. The van der Waals surface area contributed by atoms with Gasteiger partial charge in [-0.25, -0.2) is 14.6 Å². The third kappa shape index (κ3) is 6.22. The van der Waals surface area contributed by atoms with E-state index in [0.717, 1.165) is 33.5 Å². The molecule has 0 fully saturated rings. The number of halogens is 3. The monoisotopic (exact) mass is 675 g/mol. The normalized spacial score (nSPS) is 14.2. The third-order valence-corrected chi connectivity index (χ3v) is 9.00. The summed E-state index contributed by atoms with van der Waals surface area (Å²) in [6.45, 7) is 2.61. The average molecular weight is 677 g/mol. The largest absolute Gasteiger partial charge is 0.476 e. The lowest BCUT2D eigenvalue weighted by Gasteiger charge is -2.32. The van der Waals surface area contributed by atoms with Gasteiger partial charge in [-0.15, -0.1) is 0 Å². The predicted octanol–water partition coefficient (Wildman–Crippen LogP) is 7.59. The Hall–Kier alpha value is -4.70. The summed E-state index contributed by atoms with van der Waals surface area (Å²) < 4.78 is 1.52. The molecule has 2 aliphatic heterocycles. The average Bonchev–Trinajstić information content (AvgIpc) is 3.50. The van der Waals surface area contributed by atoms with E-state index < -0.39 is 11.9 Å². The van der Waals surface area contributed by atoms with E-state index in [2.05, 4.69) is 15.6 Å². The van der Waals surface area contributed by atoms with Gasteiger partial charge in [-0.2, -0.15) is 0 Å². The number of imidazole rings is 1. The van der Waals surface area contributed by atoms with Crippen LogP contribution in [0, 0.1) is 6.92 Å². The SMILES string of the molecule is Cc1c(CC2=CN3C(=CC2)C=CC(NCc2ccc(Cl)cc2Cl)=C3C(=O)O)ccc(Cl)c1CNc1ccc2nccn2c1C(=O)O. The summed E-state index contributed by atoms with van der Waals surface area (Å²) in [7, 11) is 0. The van der Waals surface area contributed by atoms with E-state index >= 15 is 0 Å². The minimum atomic E-state index is -1.08. The molecule has 0 amide bonds. The number of aliphatic carboxylic acids is 1. The van der Waals surface area contributed by atoms with Gasteiger partial charge in [0.2, 0.25) is 0 Å². The van der Waals surface area contributed by atoms with Gasteiger partial charge in [-0.05, 0) is 90.1 Å². The number of nitrogens with one attached hydrogen (secondary N) is 2. The number of hydrogen-bond acceptors (Lipinski definition) is 6. The number of hydrogen-bond donors (Lipinski definition) is 4. The molecule has 0 saturated heterocycles. The highest BCUT2D eigenvalue weighted by Crippen LogP contribution is 2.33. The summed E-state index contributed by atoms with van der Waals surface area (Å²) in [5, 5.41) is 28.2. The van der Waals surface area contributed by atoms with Crippen LogP contribution in [0.2, 0.25) is 15.1 Å². The highest BCUT2D eigenvalue weighted by atomic mass is 35.5. The van der Waals surface area contributed by atoms with Crippen LogP contribution in [0.1, 0.15) is 39.2 Å². The van der Waals surface area contributed by atoms with Crippen LogP contribution >= 0.6 is 34.8 Å². The van der Waals surface area contributed by atoms with E-state index in [4.69, 9.17) is 34.8 Å². The molecule has 0 atom stereocenters. The molecule has 9 nitrogen and oxygen atoms in total. The summed E-state index contributed by atoms with van der Waals surface area (Å²) in [4.78, 5) is 30.5. The van der Waals surface area contributed by atoms with Crippen LogP contribution in [-0.4, -0.2) is 36.4 Å². The number of nitrogens with zero attached hydrogens (tertiary/aromatic N) is 3. The molecule has 6 rings (SSSR count). The third-order valence-electron chi connectivity index (χ3n) is 8.06. The molecule has 2 aromatic heterocycles. The Morgan fingerprint density at radius 3 is 2.50 bits per heavy atom. The smallest absolute Gasteiger partial charge is 0.355 e. The fourth-order valence-electron chi connectivity index (χ4n) is 5.66. The molecule has 0 spiro atoms. The number of benzene rings is 2. The van der Waals surface area contributed by atoms with Crippen molar-refractivity contribution in [3.05, 3.63) is 145 Å². The van der Waals surface area contributed by atoms with Crippen molar-refractivity contribution >= 4 is 58.1 Å². The van der Waals surface area contributed by atoms with E-state index in [1.54, 1.807) is 53.7 Å². The van der Waals surface area contributed by atoms with Crippen LogP contribution < -0.4 is 10.6 Å². The van der Waals surface area contributed by atoms with Gasteiger partial charge < -0.3 is 25.7 Å². The molecule has 0 saturated carbocycles. The Kier molecular flexibility index (Phi) is 8.82. The van der Waals surface area contributed by atoms with Crippen LogP contribution in [0.4, 0.5) is 5.69 Å². The number of anilines is 1. The number of carbonyl (C=O) groups is 2. The number of carboxylic acid groups (broad SMARTS) is 2. The van der Waals surface area contributed by atoms with Gasteiger partial charge in [0.15, 0.2) is 11.4 Å². The molecule has 0 unspecified atom stereocenters. The van der Waals surface area contributed by atoms with Gasteiger partial charge in [0, 0.05) is 52.4 Å². The highest BCUT2D eigenvalue weighted by molar-refractivity contribution is 6.35. The standard InChI is InChI=1S/C34H28Cl3N5O4/c1-19-21(4-8-26(36)25(19)17-40-29-10-11-30-38-12-13-41(30)31(29)33(43)44)14-20-2-6-24-7-9-28(32(34(45)46)42(24)18-20)39-16-22-3-5-23(35)15-27(22)37/h3-13,15,18,39-40H,2,14,16-17H2,1H3,(H,43,44)(H,45,46). The molecule has 46 heavy (non-hydrogen) atoms. The number of rotatable bonds is 10. The highest BCUT2D eigenvalue weighted by Gasteiger charge is 2.27. The van der Waals surface area contributed by atoms with E-state index in [-0.39, 0.29) is 11.4 Å². The van der Waals surface area contributed by atoms with E-state index in [1.807, 2.05) is 37.4 Å². The van der Waals surface area contributed by atoms with Gasteiger partial charge in [0.05, 0.1) is 11.4 Å². The molecular formula is C34H28Cl3N5O4. The zero-order valence-electron chi connectivity index (χ0n) is 24.5. The van der Waals surface area contributed by atoms with Gasteiger partial charge in [-0.3, -0.25) is 4.40 Å². The minimum Gasteiger partial charge on any atom is -0.476 e. The minimum absolute atomic E-state index is 0.0814. The first-order valence-electron chi connectivity index (χ1n) is 14.3. The lowest BCUT2D eigenvalue weighted by molar-refractivity contribution is -0.134. The number of carboxylic acids is 2. The summed E-state index contributed by atoms with van der Waals surface area (Å²) in [5.41, 5.74) is 7.04. The lowest BCUT2D eigenvalue weighted by atomic mass is 9.93. The number of aromatic carboxylic acids is 1. The second kappa shape index (κ2) is 13.0. The van der Waals surface area contributed by atoms with Crippen LogP contribution in [0.3, 0.4) is 0 Å². The van der Waals surface area contributed by atoms with Crippen LogP contribution in [0.5, 0.6) is 0 Å². The first kappa shape index (κ1) is 31.3. The Balaban J connectivity index is 1.23. The quantitative estimate of drug-likeness (QED) is 0.136. The molecule has 234 valence electrons. The van der Waals surface area contributed by atoms with Gasteiger partial charge in [0.1, 0.15) is 5.65 Å². The van der Waals surface area contributed by atoms with Crippen LogP contribution in [0.25, 0.3) is 5.65 Å². The molecule has 2 aliphatic rings. The molecule has 4 N–H and O–H groups in total. The van der Waals surface area contributed by atoms with Crippen molar-refractivity contribution < 1.29 is 19.8 Å². The number of pyridine rings is 1. The topological polar surface area (TPSA) is 119 Å². The molecule has 4 heterocycles. The molecular weight excluding hydrogens is 649 g/mol. The first-order chi connectivity index (χ1) is 22.1. The summed E-state index contributed by atoms with van der Waals surface area (Å²) in [6.07, 6.45) is 11.9. The zero-order chi connectivity index (χ0) is 32.5. The van der Waals surface area contributed by atoms with Crippen molar-refractivity contribution in [3.63, 3.8) is 0 Å². The maximum absolute atomic E-state index is 12.5. The summed E-state index contributed by atoms with van der Waals surface area (Å²) in [5.74, 6) is -2.14. The number of aromatic nitrogens is 2. The van der Waals surface area contributed by atoms with E-state index in [0.29, 0.717) is 58.0 Å². The maximum Gasteiger partial charge on any atom is 0.355 e. The van der Waals surface area contributed by atoms with Gasteiger partial charge in [0.25, 0.3) is 0 Å². The number of fused-ring (bicyclic) bond motifs is 2. The zero-order valence-corrected chi connectivity index (χ0v) is 26.8. The Labute approximate surface area is 279 Å². The van der Waals surface area contributed by atoms with Crippen molar-refractivity contribution in [2.45, 2.75) is 32.9 Å². The second-order valence-electron chi connectivity index (χ2n) is 10.9. The van der Waals surface area contributed by atoms with Crippen molar-refractivity contribution in [2.75, 3.05) is 5.32 Å². The van der Waals surface area contributed by atoms with Crippen molar-refractivity contribution in [3.8, 4) is 0 Å². The van der Waals surface area contributed by atoms with Crippen LogP contribution in [0.15, 0.2) is 102 Å². The number of allylic oxidation sites excluding steroid dienone is 4. The molecule has 12 heteroatoms. The van der Waals surface area contributed by atoms with Gasteiger partial charge in [-0.1, -0.05) is 53.0 Å². The van der Waals surface area contributed by atoms with Crippen molar-refractivity contribution in [2.24, 2.45) is 0 Å². The molecule has 2 aromatic carbocycles. The van der Waals surface area contributed by atoms with Crippen molar-refractivity contribution in [1.82, 2.24) is 19.6 Å². The maximum atomic E-state index is 12.5.